The van der Waals surface area contributed by atoms with Gasteiger partial charge in [-0.3, -0.25) is 4.79 Å². The first-order valence-corrected chi connectivity index (χ1v) is 6.38. The van der Waals surface area contributed by atoms with Gasteiger partial charge >= 0.3 is 0 Å². The number of hydrogen-bond donors (Lipinski definition) is 2. The third kappa shape index (κ3) is 4.52. The molecule has 0 radical (unpaired) electrons. The summed E-state index contributed by atoms with van der Waals surface area (Å²) in [6, 6.07) is 3.84. The van der Waals surface area contributed by atoms with Crippen LogP contribution in [-0.4, -0.2) is 42.6 Å². The topological polar surface area (TPSA) is 52.6 Å². The molecular weight excluding hydrogens is 247 g/mol. The first-order valence-electron chi connectivity index (χ1n) is 6.38. The van der Waals surface area contributed by atoms with E-state index < -0.39 is 11.6 Å². The fraction of sp³-hybridized carbons (Fsp3) is 0.500. The number of hydrogen-bond acceptors (Lipinski definition) is 3. The Kier molecular flexibility index (Phi) is 5.76. The van der Waals surface area contributed by atoms with Crippen LogP contribution >= 0.6 is 0 Å². The summed E-state index contributed by atoms with van der Waals surface area (Å²) in [4.78, 5) is 13.9. The number of phenols is 1. The summed E-state index contributed by atoms with van der Waals surface area (Å²) in [5.74, 6) is -1.54. The highest BCUT2D eigenvalue weighted by Gasteiger charge is 2.13. The van der Waals surface area contributed by atoms with Crippen LogP contribution in [0.3, 0.4) is 0 Å². The molecule has 0 heterocycles. The summed E-state index contributed by atoms with van der Waals surface area (Å²) in [5, 5.41) is 12.0. The van der Waals surface area contributed by atoms with Crippen LogP contribution < -0.4 is 5.32 Å². The Morgan fingerprint density at radius 2 is 2.16 bits per heavy atom. The number of halogens is 1. The predicted molar refractivity (Wildman–Crippen MR) is 72.8 cm³/mol. The van der Waals surface area contributed by atoms with Gasteiger partial charge in [0, 0.05) is 18.2 Å². The number of phenolic OH excluding ortho intramolecular Hbond substituents is 1. The number of nitrogens with zero attached hydrogens (tertiary/aromatic N) is 1. The second-order valence-electron chi connectivity index (χ2n) is 4.78. The fourth-order valence-corrected chi connectivity index (χ4v) is 1.84. The van der Waals surface area contributed by atoms with Crippen molar-refractivity contribution in [2.45, 2.75) is 25.8 Å². The summed E-state index contributed by atoms with van der Waals surface area (Å²) >= 11 is 0. The van der Waals surface area contributed by atoms with Gasteiger partial charge in [-0.25, -0.2) is 4.39 Å². The maximum atomic E-state index is 12.9. The van der Waals surface area contributed by atoms with Crippen LogP contribution in [0.5, 0.6) is 5.75 Å². The Morgan fingerprint density at radius 1 is 1.47 bits per heavy atom. The van der Waals surface area contributed by atoms with Gasteiger partial charge in [0.1, 0.15) is 0 Å². The molecule has 0 fully saturated rings. The molecule has 0 aliphatic rings. The molecule has 0 unspecified atom stereocenters. The number of amides is 1. The Morgan fingerprint density at radius 3 is 2.68 bits per heavy atom. The van der Waals surface area contributed by atoms with Gasteiger partial charge in [0.2, 0.25) is 0 Å². The highest BCUT2D eigenvalue weighted by atomic mass is 19.1. The third-order valence-electron chi connectivity index (χ3n) is 3.06. The minimum atomic E-state index is -0.728. The predicted octanol–water partition coefficient (Wildman–Crippen LogP) is 1.99. The molecule has 0 bridgehead atoms. The van der Waals surface area contributed by atoms with Crippen molar-refractivity contribution in [2.75, 3.05) is 20.6 Å². The molecule has 0 aliphatic heterocycles. The number of carbonyl (C=O) groups excluding carboxylic acids is 1. The lowest BCUT2D eigenvalue weighted by Gasteiger charge is -2.24. The van der Waals surface area contributed by atoms with E-state index >= 15 is 0 Å². The third-order valence-corrected chi connectivity index (χ3v) is 3.06. The lowest BCUT2D eigenvalue weighted by atomic mass is 10.1. The van der Waals surface area contributed by atoms with E-state index in [9.17, 15) is 14.3 Å². The molecule has 1 aromatic carbocycles. The van der Waals surface area contributed by atoms with E-state index in [-0.39, 0.29) is 17.5 Å². The van der Waals surface area contributed by atoms with Gasteiger partial charge in [0.05, 0.1) is 0 Å². The number of aromatic hydroxyl groups is 1. The second kappa shape index (κ2) is 7.09. The molecule has 0 saturated carbocycles. The van der Waals surface area contributed by atoms with E-state index in [4.69, 9.17) is 0 Å². The molecule has 1 amide bonds. The van der Waals surface area contributed by atoms with Crippen molar-refractivity contribution in [1.29, 1.82) is 0 Å². The maximum Gasteiger partial charge on any atom is 0.251 e. The Labute approximate surface area is 113 Å². The van der Waals surface area contributed by atoms with Gasteiger partial charge in [0.25, 0.3) is 5.91 Å². The molecule has 1 rings (SSSR count). The van der Waals surface area contributed by atoms with E-state index in [1.54, 1.807) is 0 Å². The van der Waals surface area contributed by atoms with Gasteiger partial charge < -0.3 is 15.3 Å². The highest BCUT2D eigenvalue weighted by Crippen LogP contribution is 2.16. The van der Waals surface area contributed by atoms with Crippen LogP contribution in [0.15, 0.2) is 18.2 Å². The van der Waals surface area contributed by atoms with Crippen molar-refractivity contribution in [2.24, 2.45) is 0 Å². The zero-order valence-corrected chi connectivity index (χ0v) is 11.6. The largest absolute Gasteiger partial charge is 0.505 e. The van der Waals surface area contributed by atoms with Crippen molar-refractivity contribution in [3.05, 3.63) is 29.6 Å². The van der Waals surface area contributed by atoms with Crippen molar-refractivity contribution < 1.29 is 14.3 Å². The number of nitrogens with one attached hydrogen (secondary N) is 1. The lowest BCUT2D eigenvalue weighted by molar-refractivity contribution is 0.0940. The molecule has 5 heteroatoms. The van der Waals surface area contributed by atoms with E-state index in [0.29, 0.717) is 6.54 Å². The van der Waals surface area contributed by atoms with Crippen LogP contribution in [0.4, 0.5) is 4.39 Å². The van der Waals surface area contributed by atoms with Crippen LogP contribution in [0, 0.1) is 5.82 Å². The van der Waals surface area contributed by atoms with Crippen molar-refractivity contribution >= 4 is 5.91 Å². The Balaban J connectivity index is 2.61. The molecule has 0 saturated heterocycles. The van der Waals surface area contributed by atoms with Crippen LogP contribution in [-0.2, 0) is 0 Å². The minimum Gasteiger partial charge on any atom is -0.505 e. The standard InChI is InChI=1S/C14H21FN2O2/c1-4-5-11(17(2)3)9-16-14(19)10-6-7-12(15)13(18)8-10/h6-8,11,18H,4-5,9H2,1-3H3,(H,16,19)/t11-/m0/s1. The number of carbonyl (C=O) groups is 1. The number of likely N-dealkylation sites (N-methyl/N-ethyl adjacent to an activating group) is 1. The van der Waals surface area contributed by atoms with Gasteiger partial charge in [-0.1, -0.05) is 13.3 Å². The monoisotopic (exact) mass is 268 g/mol. The summed E-state index contributed by atoms with van der Waals surface area (Å²) in [7, 11) is 3.94. The summed E-state index contributed by atoms with van der Waals surface area (Å²) in [6.07, 6.45) is 2.03. The molecule has 106 valence electrons. The molecule has 19 heavy (non-hydrogen) atoms. The number of benzene rings is 1. The maximum absolute atomic E-state index is 12.9. The quantitative estimate of drug-likeness (QED) is 0.829. The zero-order chi connectivity index (χ0) is 14.4. The molecule has 0 aromatic heterocycles. The Hall–Kier alpha value is -1.62. The average molecular weight is 268 g/mol. The van der Waals surface area contributed by atoms with Crippen LogP contribution in [0.25, 0.3) is 0 Å². The Bertz CT molecular complexity index is 435. The van der Waals surface area contributed by atoms with Gasteiger partial charge in [0.15, 0.2) is 11.6 Å². The van der Waals surface area contributed by atoms with Gasteiger partial charge in [-0.2, -0.15) is 0 Å². The van der Waals surface area contributed by atoms with E-state index in [2.05, 4.69) is 17.1 Å². The fourth-order valence-electron chi connectivity index (χ4n) is 1.84. The molecule has 4 nitrogen and oxygen atoms in total. The van der Waals surface area contributed by atoms with Crippen molar-refractivity contribution in [3.63, 3.8) is 0 Å². The molecule has 0 aliphatic carbocycles. The number of rotatable bonds is 6. The first kappa shape index (κ1) is 15.4. The summed E-state index contributed by atoms with van der Waals surface area (Å²) in [6.45, 7) is 2.62. The molecule has 1 aromatic rings. The minimum absolute atomic E-state index is 0.257. The normalized spacial score (nSPS) is 12.5. The van der Waals surface area contributed by atoms with Crippen molar-refractivity contribution in [1.82, 2.24) is 10.2 Å². The molecule has 1 atom stereocenters. The van der Waals surface area contributed by atoms with Crippen LogP contribution in [0.1, 0.15) is 30.1 Å². The van der Waals surface area contributed by atoms with E-state index in [1.165, 1.54) is 6.07 Å². The molecule has 0 spiro atoms. The van der Waals surface area contributed by atoms with Crippen LogP contribution in [0.2, 0.25) is 0 Å². The second-order valence-corrected chi connectivity index (χ2v) is 4.78. The van der Waals surface area contributed by atoms with Gasteiger partial charge in [-0.05, 0) is 38.7 Å². The highest BCUT2D eigenvalue weighted by molar-refractivity contribution is 5.94. The first-order chi connectivity index (χ1) is 8.95. The summed E-state index contributed by atoms with van der Waals surface area (Å²) < 4.78 is 12.9. The smallest absolute Gasteiger partial charge is 0.251 e. The lowest BCUT2D eigenvalue weighted by Crippen LogP contribution is -2.40. The molecular formula is C14H21FN2O2. The zero-order valence-electron chi connectivity index (χ0n) is 11.6. The van der Waals surface area contributed by atoms with E-state index in [0.717, 1.165) is 25.0 Å². The SMILES string of the molecule is CCC[C@@H](CNC(=O)c1ccc(F)c(O)c1)N(C)C. The van der Waals surface area contributed by atoms with Crippen molar-refractivity contribution in [3.8, 4) is 5.75 Å². The van der Waals surface area contributed by atoms with E-state index in [1.807, 2.05) is 14.1 Å². The molecule has 2 N–H and O–H groups in total. The van der Waals surface area contributed by atoms with Gasteiger partial charge in [-0.15, -0.1) is 0 Å². The average Bonchev–Trinajstić information content (AvgIpc) is 2.37. The summed E-state index contributed by atoms with van der Waals surface area (Å²) in [5.41, 5.74) is 0.257.